The highest BCUT2D eigenvalue weighted by atomic mass is 16.5. The molecular formula is C9H9NO3. The van der Waals surface area contributed by atoms with Gasteiger partial charge in [-0.1, -0.05) is 6.58 Å². The van der Waals surface area contributed by atoms with Gasteiger partial charge >= 0.3 is 5.97 Å². The lowest BCUT2D eigenvalue weighted by atomic mass is 10.2. The standard InChI is InChI=1S/C9H9NO3/c1-3-6-4-5-7(13-2)8(10-6)9(11)12/h3-5H,1H2,2H3,(H,11,12). The second-order valence-corrected chi connectivity index (χ2v) is 2.30. The first kappa shape index (κ1) is 9.25. The van der Waals surface area contributed by atoms with Crippen molar-refractivity contribution in [3.8, 4) is 5.75 Å². The van der Waals surface area contributed by atoms with Crippen molar-refractivity contribution in [2.75, 3.05) is 7.11 Å². The van der Waals surface area contributed by atoms with Crippen LogP contribution in [0.2, 0.25) is 0 Å². The van der Waals surface area contributed by atoms with Gasteiger partial charge in [0, 0.05) is 0 Å². The Morgan fingerprint density at radius 1 is 1.69 bits per heavy atom. The average Bonchev–Trinajstić information content (AvgIpc) is 2.16. The summed E-state index contributed by atoms with van der Waals surface area (Å²) in [6, 6.07) is 3.19. The first-order valence-corrected chi connectivity index (χ1v) is 3.59. The van der Waals surface area contributed by atoms with Gasteiger partial charge in [0.1, 0.15) is 0 Å². The van der Waals surface area contributed by atoms with Crippen LogP contribution in [0, 0.1) is 0 Å². The van der Waals surface area contributed by atoms with E-state index in [1.54, 1.807) is 12.1 Å². The first-order valence-electron chi connectivity index (χ1n) is 3.59. The number of hydrogen-bond acceptors (Lipinski definition) is 3. The maximum Gasteiger partial charge on any atom is 0.358 e. The monoisotopic (exact) mass is 179 g/mol. The fourth-order valence-corrected chi connectivity index (χ4v) is 0.893. The summed E-state index contributed by atoms with van der Waals surface area (Å²) in [6.45, 7) is 3.49. The molecular weight excluding hydrogens is 170 g/mol. The van der Waals surface area contributed by atoms with Crippen molar-refractivity contribution < 1.29 is 14.6 Å². The predicted molar refractivity (Wildman–Crippen MR) is 47.8 cm³/mol. The molecule has 0 aliphatic rings. The van der Waals surface area contributed by atoms with E-state index in [0.717, 1.165) is 0 Å². The van der Waals surface area contributed by atoms with Gasteiger partial charge in [-0.2, -0.15) is 0 Å². The summed E-state index contributed by atoms with van der Waals surface area (Å²) >= 11 is 0. The van der Waals surface area contributed by atoms with Gasteiger partial charge < -0.3 is 9.84 Å². The van der Waals surface area contributed by atoms with Crippen LogP contribution in [0.25, 0.3) is 6.08 Å². The molecule has 0 fully saturated rings. The number of rotatable bonds is 3. The highest BCUT2D eigenvalue weighted by Crippen LogP contribution is 2.16. The highest BCUT2D eigenvalue weighted by Gasteiger charge is 2.12. The van der Waals surface area contributed by atoms with Crippen LogP contribution in [0.3, 0.4) is 0 Å². The molecule has 0 aliphatic heterocycles. The molecule has 0 saturated heterocycles. The molecule has 0 bridgehead atoms. The fourth-order valence-electron chi connectivity index (χ4n) is 0.893. The van der Waals surface area contributed by atoms with E-state index in [4.69, 9.17) is 9.84 Å². The van der Waals surface area contributed by atoms with E-state index in [-0.39, 0.29) is 11.4 Å². The molecule has 0 atom stereocenters. The van der Waals surface area contributed by atoms with E-state index >= 15 is 0 Å². The summed E-state index contributed by atoms with van der Waals surface area (Å²) in [4.78, 5) is 14.5. The minimum absolute atomic E-state index is 0.0973. The van der Waals surface area contributed by atoms with Gasteiger partial charge in [0.15, 0.2) is 11.4 Å². The average molecular weight is 179 g/mol. The van der Waals surface area contributed by atoms with E-state index < -0.39 is 5.97 Å². The molecule has 13 heavy (non-hydrogen) atoms. The van der Waals surface area contributed by atoms with Crippen LogP contribution in [0.15, 0.2) is 18.7 Å². The van der Waals surface area contributed by atoms with Crippen molar-refractivity contribution in [3.05, 3.63) is 30.1 Å². The fraction of sp³-hybridized carbons (Fsp3) is 0.111. The van der Waals surface area contributed by atoms with Crippen LogP contribution >= 0.6 is 0 Å². The first-order chi connectivity index (χ1) is 6.19. The molecule has 1 rings (SSSR count). The molecule has 0 amide bonds. The summed E-state index contributed by atoms with van der Waals surface area (Å²) in [5.74, 6) is -0.862. The molecule has 68 valence electrons. The lowest BCUT2D eigenvalue weighted by Crippen LogP contribution is -2.04. The second-order valence-electron chi connectivity index (χ2n) is 2.30. The van der Waals surface area contributed by atoms with Gasteiger partial charge in [-0.3, -0.25) is 0 Å². The molecule has 1 N–H and O–H groups in total. The van der Waals surface area contributed by atoms with E-state index in [9.17, 15) is 4.79 Å². The number of nitrogens with zero attached hydrogens (tertiary/aromatic N) is 1. The number of methoxy groups -OCH3 is 1. The van der Waals surface area contributed by atoms with Crippen LogP contribution in [0.5, 0.6) is 5.75 Å². The highest BCUT2D eigenvalue weighted by molar-refractivity contribution is 5.88. The third-order valence-corrected chi connectivity index (χ3v) is 1.51. The SMILES string of the molecule is C=Cc1ccc(OC)c(C(=O)O)n1. The van der Waals surface area contributed by atoms with E-state index in [1.807, 2.05) is 0 Å². The summed E-state index contributed by atoms with van der Waals surface area (Å²) in [7, 11) is 1.40. The summed E-state index contributed by atoms with van der Waals surface area (Å²) in [5, 5.41) is 8.74. The topological polar surface area (TPSA) is 59.4 Å². The van der Waals surface area contributed by atoms with E-state index in [2.05, 4.69) is 11.6 Å². The summed E-state index contributed by atoms with van der Waals surface area (Å²) < 4.78 is 4.83. The lowest BCUT2D eigenvalue weighted by molar-refractivity contribution is 0.0686. The molecule has 0 aliphatic carbocycles. The van der Waals surface area contributed by atoms with Crippen LogP contribution in [0.1, 0.15) is 16.2 Å². The van der Waals surface area contributed by atoms with Gasteiger partial charge in [-0.15, -0.1) is 0 Å². The number of carboxylic acids is 1. The molecule has 4 nitrogen and oxygen atoms in total. The molecule has 0 saturated carbocycles. The van der Waals surface area contributed by atoms with Crippen LogP contribution < -0.4 is 4.74 Å². The summed E-state index contributed by atoms with van der Waals surface area (Å²) in [6.07, 6.45) is 1.48. The van der Waals surface area contributed by atoms with Gasteiger partial charge in [0.25, 0.3) is 0 Å². The normalized spacial score (nSPS) is 9.31. The van der Waals surface area contributed by atoms with Gasteiger partial charge in [-0.25, -0.2) is 9.78 Å². The third-order valence-electron chi connectivity index (χ3n) is 1.51. The van der Waals surface area contributed by atoms with Crippen molar-refractivity contribution in [3.63, 3.8) is 0 Å². The Hall–Kier alpha value is -1.84. The Balaban J connectivity index is 3.25. The maximum atomic E-state index is 10.7. The van der Waals surface area contributed by atoms with Crippen LogP contribution in [0.4, 0.5) is 0 Å². The predicted octanol–water partition coefficient (Wildman–Crippen LogP) is 1.43. The zero-order valence-electron chi connectivity index (χ0n) is 7.15. The number of carboxylic acid groups (broad SMARTS) is 1. The van der Waals surface area contributed by atoms with E-state index in [0.29, 0.717) is 5.69 Å². The Kier molecular flexibility index (Phi) is 2.64. The Morgan fingerprint density at radius 2 is 2.38 bits per heavy atom. The third kappa shape index (κ3) is 1.84. The molecule has 0 unspecified atom stereocenters. The number of ether oxygens (including phenoxy) is 1. The number of carbonyl (C=O) groups is 1. The Bertz CT molecular complexity index is 347. The number of aromatic carboxylic acids is 1. The van der Waals surface area contributed by atoms with Crippen LogP contribution in [-0.2, 0) is 0 Å². The van der Waals surface area contributed by atoms with Crippen LogP contribution in [-0.4, -0.2) is 23.2 Å². The maximum absolute atomic E-state index is 10.7. The Labute approximate surface area is 75.5 Å². The zero-order chi connectivity index (χ0) is 9.84. The number of aromatic nitrogens is 1. The van der Waals surface area contributed by atoms with Crippen molar-refractivity contribution in [2.45, 2.75) is 0 Å². The molecule has 1 aromatic heterocycles. The molecule has 0 spiro atoms. The van der Waals surface area contributed by atoms with Gasteiger partial charge in [-0.05, 0) is 18.2 Å². The second kappa shape index (κ2) is 3.71. The minimum atomic E-state index is -1.11. The lowest BCUT2D eigenvalue weighted by Gasteiger charge is -2.03. The van der Waals surface area contributed by atoms with E-state index in [1.165, 1.54) is 13.2 Å². The van der Waals surface area contributed by atoms with Crippen molar-refractivity contribution in [1.29, 1.82) is 0 Å². The number of pyridine rings is 1. The molecule has 4 heteroatoms. The van der Waals surface area contributed by atoms with Gasteiger partial charge in [0.05, 0.1) is 12.8 Å². The minimum Gasteiger partial charge on any atom is -0.494 e. The number of hydrogen-bond donors (Lipinski definition) is 1. The van der Waals surface area contributed by atoms with Crippen molar-refractivity contribution >= 4 is 12.0 Å². The largest absolute Gasteiger partial charge is 0.494 e. The quantitative estimate of drug-likeness (QED) is 0.762. The molecule has 1 heterocycles. The Morgan fingerprint density at radius 3 is 2.85 bits per heavy atom. The molecule has 0 radical (unpaired) electrons. The van der Waals surface area contributed by atoms with Crippen molar-refractivity contribution in [1.82, 2.24) is 4.98 Å². The van der Waals surface area contributed by atoms with Crippen molar-refractivity contribution in [2.24, 2.45) is 0 Å². The molecule has 1 aromatic rings. The smallest absolute Gasteiger partial charge is 0.358 e. The van der Waals surface area contributed by atoms with Gasteiger partial charge in [0.2, 0.25) is 0 Å². The molecule has 0 aromatic carbocycles. The zero-order valence-corrected chi connectivity index (χ0v) is 7.15. The summed E-state index contributed by atoms with van der Waals surface area (Å²) in [5.41, 5.74) is 0.415.